The summed E-state index contributed by atoms with van der Waals surface area (Å²) in [5, 5.41) is 14.9. The molecule has 0 bridgehead atoms. The van der Waals surface area contributed by atoms with E-state index < -0.39 is 4.92 Å². The Morgan fingerprint density at radius 3 is 2.84 bits per heavy atom. The number of nitrogens with zero attached hydrogens (tertiary/aromatic N) is 2. The fourth-order valence-electron chi connectivity index (χ4n) is 1.91. The van der Waals surface area contributed by atoms with Gasteiger partial charge in [0, 0.05) is 12.5 Å². The van der Waals surface area contributed by atoms with Gasteiger partial charge in [-0.05, 0) is 12.5 Å². The quantitative estimate of drug-likeness (QED) is 0.508. The normalized spacial score (nSPS) is 12.3. The Labute approximate surface area is 110 Å². The molecule has 2 aromatic rings. The van der Waals surface area contributed by atoms with Gasteiger partial charge in [-0.15, -0.1) is 0 Å². The molecule has 0 saturated heterocycles. The molecular formula is C13H15N3O3. The van der Waals surface area contributed by atoms with E-state index in [9.17, 15) is 10.1 Å². The number of nitrogens with one attached hydrogen (secondary N) is 1. The number of pyridine rings is 1. The fraction of sp³-hybridized carbons (Fsp3) is 0.308. The number of rotatable bonds is 5. The molecule has 1 atom stereocenters. The first-order valence-electron chi connectivity index (χ1n) is 5.98. The van der Waals surface area contributed by atoms with E-state index in [2.05, 4.69) is 10.3 Å². The van der Waals surface area contributed by atoms with Gasteiger partial charge >= 0.3 is 5.69 Å². The third-order valence-electron chi connectivity index (χ3n) is 2.91. The van der Waals surface area contributed by atoms with Gasteiger partial charge < -0.3 is 10.1 Å². The van der Waals surface area contributed by atoms with Gasteiger partial charge in [0.25, 0.3) is 0 Å². The number of fused-ring (bicyclic) bond motifs is 1. The van der Waals surface area contributed by atoms with Crippen LogP contribution in [0.25, 0.3) is 10.9 Å². The predicted octanol–water partition coefficient (Wildman–Crippen LogP) is 2.94. The molecule has 1 unspecified atom stereocenters. The van der Waals surface area contributed by atoms with Crippen molar-refractivity contribution >= 4 is 22.3 Å². The second kappa shape index (κ2) is 5.62. The van der Waals surface area contributed by atoms with Crippen LogP contribution in [0.5, 0.6) is 0 Å². The van der Waals surface area contributed by atoms with Crippen molar-refractivity contribution in [2.45, 2.75) is 19.6 Å². The Bertz CT molecular complexity index is 597. The Morgan fingerprint density at radius 2 is 2.21 bits per heavy atom. The highest BCUT2D eigenvalue weighted by Gasteiger charge is 2.19. The van der Waals surface area contributed by atoms with Crippen LogP contribution in [0.2, 0.25) is 0 Å². The zero-order valence-electron chi connectivity index (χ0n) is 10.8. The summed E-state index contributed by atoms with van der Waals surface area (Å²) < 4.78 is 5.23. The van der Waals surface area contributed by atoms with Gasteiger partial charge in [0.2, 0.25) is 0 Å². The molecule has 1 aromatic carbocycles. The second-order valence-electron chi connectivity index (χ2n) is 4.07. The minimum absolute atomic E-state index is 0.0470. The van der Waals surface area contributed by atoms with Crippen LogP contribution in [0.15, 0.2) is 30.5 Å². The van der Waals surface area contributed by atoms with E-state index in [1.165, 1.54) is 6.20 Å². The lowest BCUT2D eigenvalue weighted by Gasteiger charge is -2.17. The Kier molecular flexibility index (Phi) is 3.91. The van der Waals surface area contributed by atoms with Crippen LogP contribution in [-0.4, -0.2) is 23.2 Å². The smallest absolute Gasteiger partial charge is 0.311 e. The van der Waals surface area contributed by atoms with Crippen LogP contribution < -0.4 is 5.32 Å². The second-order valence-corrected chi connectivity index (χ2v) is 4.07. The van der Waals surface area contributed by atoms with Crippen molar-refractivity contribution in [3.63, 3.8) is 0 Å². The summed E-state index contributed by atoms with van der Waals surface area (Å²) in [6.45, 7) is 1.94. The SMILES string of the molecule is CCC(Nc1c([N+](=O)[O-])cnc2ccccc12)OC. The summed E-state index contributed by atoms with van der Waals surface area (Å²) in [5.74, 6) is 0. The average molecular weight is 261 g/mol. The van der Waals surface area contributed by atoms with E-state index in [4.69, 9.17) is 4.74 Å². The monoisotopic (exact) mass is 261 g/mol. The number of anilines is 1. The minimum Gasteiger partial charge on any atom is -0.362 e. The molecule has 0 saturated carbocycles. The lowest BCUT2D eigenvalue weighted by Crippen LogP contribution is -2.21. The molecule has 6 nitrogen and oxygen atoms in total. The standard InChI is InChI=1S/C13H15N3O3/c1-3-12(19-2)15-13-9-6-4-5-7-10(9)14-8-11(13)16(17)18/h4-8,12H,3H2,1-2H3,(H,14,15). The van der Waals surface area contributed by atoms with Gasteiger partial charge in [0.15, 0.2) is 0 Å². The third kappa shape index (κ3) is 2.63. The number of hydrogen-bond acceptors (Lipinski definition) is 5. The van der Waals surface area contributed by atoms with Crippen LogP contribution in [0, 0.1) is 10.1 Å². The van der Waals surface area contributed by atoms with Crippen LogP contribution >= 0.6 is 0 Å². The van der Waals surface area contributed by atoms with E-state index in [1.54, 1.807) is 13.2 Å². The van der Waals surface area contributed by atoms with E-state index in [1.807, 2.05) is 25.1 Å². The fourth-order valence-corrected chi connectivity index (χ4v) is 1.91. The maximum atomic E-state index is 11.1. The summed E-state index contributed by atoms with van der Waals surface area (Å²) in [6.07, 6.45) is 1.70. The van der Waals surface area contributed by atoms with Crippen molar-refractivity contribution in [2.75, 3.05) is 12.4 Å². The first-order chi connectivity index (χ1) is 9.17. The van der Waals surface area contributed by atoms with E-state index in [0.29, 0.717) is 23.0 Å². The molecule has 6 heteroatoms. The van der Waals surface area contributed by atoms with Crippen molar-refractivity contribution < 1.29 is 9.66 Å². The molecule has 0 radical (unpaired) electrons. The number of methoxy groups -OCH3 is 1. The molecule has 0 aliphatic heterocycles. The number of ether oxygens (including phenoxy) is 1. The molecule has 0 aliphatic rings. The predicted molar refractivity (Wildman–Crippen MR) is 73.1 cm³/mol. The van der Waals surface area contributed by atoms with Crippen LogP contribution in [0.1, 0.15) is 13.3 Å². The number of benzene rings is 1. The van der Waals surface area contributed by atoms with E-state index >= 15 is 0 Å². The van der Waals surface area contributed by atoms with Crippen molar-refractivity contribution in [1.82, 2.24) is 4.98 Å². The topological polar surface area (TPSA) is 77.3 Å². The van der Waals surface area contributed by atoms with Crippen molar-refractivity contribution in [2.24, 2.45) is 0 Å². The van der Waals surface area contributed by atoms with Crippen LogP contribution in [0.4, 0.5) is 11.4 Å². The Morgan fingerprint density at radius 1 is 1.47 bits per heavy atom. The molecular weight excluding hydrogens is 246 g/mol. The zero-order valence-corrected chi connectivity index (χ0v) is 10.8. The van der Waals surface area contributed by atoms with Crippen LogP contribution in [-0.2, 0) is 4.74 Å². The molecule has 0 aliphatic carbocycles. The highest BCUT2D eigenvalue weighted by Crippen LogP contribution is 2.32. The largest absolute Gasteiger partial charge is 0.362 e. The third-order valence-corrected chi connectivity index (χ3v) is 2.91. The van der Waals surface area contributed by atoms with E-state index in [0.717, 1.165) is 0 Å². The summed E-state index contributed by atoms with van der Waals surface area (Å²) in [5.41, 5.74) is 1.11. The number of para-hydroxylation sites is 1. The van der Waals surface area contributed by atoms with Gasteiger partial charge in [-0.1, -0.05) is 25.1 Å². The summed E-state index contributed by atoms with van der Waals surface area (Å²) in [6, 6.07) is 7.29. The molecule has 1 heterocycles. The molecule has 100 valence electrons. The highest BCUT2D eigenvalue weighted by molar-refractivity contribution is 5.95. The van der Waals surface area contributed by atoms with Crippen molar-refractivity contribution in [3.8, 4) is 0 Å². The Hall–Kier alpha value is -2.21. The molecule has 0 spiro atoms. The van der Waals surface area contributed by atoms with E-state index in [-0.39, 0.29) is 11.9 Å². The zero-order chi connectivity index (χ0) is 13.8. The van der Waals surface area contributed by atoms with Gasteiger partial charge in [-0.2, -0.15) is 0 Å². The maximum absolute atomic E-state index is 11.1. The number of aromatic nitrogens is 1. The first kappa shape index (κ1) is 13.2. The molecule has 0 amide bonds. The van der Waals surface area contributed by atoms with Crippen molar-refractivity contribution in [1.29, 1.82) is 0 Å². The maximum Gasteiger partial charge on any atom is 0.311 e. The van der Waals surface area contributed by atoms with Crippen LogP contribution in [0.3, 0.4) is 0 Å². The summed E-state index contributed by atoms with van der Waals surface area (Å²) in [7, 11) is 1.57. The number of nitro groups is 1. The van der Waals surface area contributed by atoms with Gasteiger partial charge in [0.05, 0.1) is 10.4 Å². The molecule has 2 rings (SSSR count). The van der Waals surface area contributed by atoms with Gasteiger partial charge in [-0.3, -0.25) is 10.1 Å². The average Bonchev–Trinajstić information content (AvgIpc) is 2.44. The molecule has 1 aromatic heterocycles. The minimum atomic E-state index is -0.440. The first-order valence-corrected chi connectivity index (χ1v) is 5.98. The lowest BCUT2D eigenvalue weighted by molar-refractivity contribution is -0.384. The lowest BCUT2D eigenvalue weighted by atomic mass is 10.1. The molecule has 1 N–H and O–H groups in total. The van der Waals surface area contributed by atoms with Crippen molar-refractivity contribution in [3.05, 3.63) is 40.6 Å². The summed E-state index contributed by atoms with van der Waals surface area (Å²) in [4.78, 5) is 14.8. The van der Waals surface area contributed by atoms with Gasteiger partial charge in [-0.25, -0.2) is 4.98 Å². The summed E-state index contributed by atoms with van der Waals surface area (Å²) >= 11 is 0. The highest BCUT2D eigenvalue weighted by atomic mass is 16.6. The van der Waals surface area contributed by atoms with Gasteiger partial charge in [0.1, 0.15) is 18.1 Å². The molecule has 0 fully saturated rings. The number of hydrogen-bond donors (Lipinski definition) is 1. The molecule has 19 heavy (non-hydrogen) atoms. The Balaban J connectivity index is 2.58.